The largest absolute Gasteiger partial charge is 0.508 e. The second-order valence-corrected chi connectivity index (χ2v) is 14.6. The number of aryl methyl sites for hydroxylation is 2. The molecule has 3 N–H and O–H groups in total. The number of esters is 2. The maximum Gasteiger partial charge on any atom is 0.326 e. The first kappa shape index (κ1) is 36.7. The molecule has 11 heteroatoms. The zero-order valence-corrected chi connectivity index (χ0v) is 28.8. The summed E-state index contributed by atoms with van der Waals surface area (Å²) in [5, 5.41) is 16.2. The number of hydrogen-bond acceptors (Lipinski definition) is 7. The van der Waals surface area contributed by atoms with Crippen molar-refractivity contribution >= 4 is 19.4 Å². The fraction of sp³-hybridized carbons (Fsp3) is 0.429. The van der Waals surface area contributed by atoms with Crippen molar-refractivity contribution in [2.45, 2.75) is 79.3 Å². The minimum Gasteiger partial charge on any atom is -0.508 e. The van der Waals surface area contributed by atoms with Crippen molar-refractivity contribution in [3.05, 3.63) is 93.8 Å². The van der Waals surface area contributed by atoms with E-state index >= 15 is 0 Å². The van der Waals surface area contributed by atoms with Gasteiger partial charge in [0.15, 0.2) is 6.35 Å². The molecule has 3 aromatic rings. The summed E-state index contributed by atoms with van der Waals surface area (Å²) in [7, 11) is -3.79. The molecule has 0 amide bonds. The molecule has 0 aliphatic carbocycles. The molecule has 250 valence electrons. The van der Waals surface area contributed by atoms with Crippen LogP contribution in [0.1, 0.15) is 74.9 Å². The van der Waals surface area contributed by atoms with Gasteiger partial charge in [-0.25, -0.2) is 14.6 Å². The number of benzene rings is 3. The Hall–Kier alpha value is -3.72. The summed E-state index contributed by atoms with van der Waals surface area (Å²) in [5.74, 6) is -0.868. The number of phenolic OH excluding ortho intramolecular Hbond substituents is 1. The smallest absolute Gasteiger partial charge is 0.326 e. The Kier molecular flexibility index (Phi) is 12.2. The Labute approximate surface area is 271 Å². The van der Waals surface area contributed by atoms with E-state index in [2.05, 4.69) is 10.2 Å². The first-order valence-corrected chi connectivity index (χ1v) is 17.2. The van der Waals surface area contributed by atoms with Gasteiger partial charge in [-0.15, -0.1) is 0 Å². The zero-order chi connectivity index (χ0) is 34.3. The maximum atomic E-state index is 14.3. The van der Waals surface area contributed by atoms with Crippen LogP contribution < -0.4 is 14.9 Å². The van der Waals surface area contributed by atoms with E-state index in [0.717, 1.165) is 33.4 Å². The molecule has 0 atom stereocenters. The monoisotopic (exact) mass is 656 g/mol. The number of hydrogen-bond donors (Lipinski definition) is 3. The molecule has 0 saturated carbocycles. The van der Waals surface area contributed by atoms with Crippen LogP contribution in [0.15, 0.2) is 54.6 Å². The lowest BCUT2D eigenvalue weighted by atomic mass is 9.93. The van der Waals surface area contributed by atoms with Crippen molar-refractivity contribution in [3.8, 4) is 11.5 Å². The van der Waals surface area contributed by atoms with Crippen LogP contribution in [0.25, 0.3) is 0 Å². The Bertz CT molecular complexity index is 1530. The van der Waals surface area contributed by atoms with E-state index < -0.39 is 30.5 Å². The molecule has 0 radical (unpaired) electrons. The first-order chi connectivity index (χ1) is 21.5. The van der Waals surface area contributed by atoms with Gasteiger partial charge in [0.05, 0.1) is 13.2 Å². The number of carbonyl (C=O) groups excluding carboxylic acids is 2. The number of phenols is 1. The van der Waals surface area contributed by atoms with Gasteiger partial charge in [0.1, 0.15) is 28.4 Å². The number of rotatable bonds is 15. The lowest BCUT2D eigenvalue weighted by molar-refractivity contribution is -0.149. The Morgan fingerprint density at radius 3 is 1.80 bits per heavy atom. The molecule has 0 aromatic heterocycles. The van der Waals surface area contributed by atoms with Crippen LogP contribution >= 0.6 is 7.44 Å². The van der Waals surface area contributed by atoms with Gasteiger partial charge in [0, 0.05) is 6.42 Å². The molecule has 0 bridgehead atoms. The van der Waals surface area contributed by atoms with Crippen LogP contribution in [0.4, 0.5) is 4.39 Å². The number of ether oxygens (including phenoxy) is 3. The third-order valence-corrected chi connectivity index (χ3v) is 9.74. The molecule has 0 saturated heterocycles. The fourth-order valence-electron chi connectivity index (χ4n) is 5.11. The summed E-state index contributed by atoms with van der Waals surface area (Å²) in [5.41, 5.74) is 2.86. The molecular formula is C35H46FN2O7P. The summed E-state index contributed by atoms with van der Waals surface area (Å²) in [6.45, 7) is 13.8. The SMILES string of the molecule is CCOC(=O)C(C)(C)NP(=O)(COc1cc(C)c(Cc2ccc(O)c(Cc3ccc(F)cc3)c2)c(C)c1)NC(C)(C)C(=O)OCC. The van der Waals surface area contributed by atoms with E-state index in [1.54, 1.807) is 59.7 Å². The molecule has 9 nitrogen and oxygen atoms in total. The molecule has 0 fully saturated rings. The van der Waals surface area contributed by atoms with E-state index in [1.165, 1.54) is 12.1 Å². The van der Waals surface area contributed by atoms with Gasteiger partial charge < -0.3 is 19.3 Å². The average molecular weight is 657 g/mol. The van der Waals surface area contributed by atoms with Crippen LogP contribution in [0.5, 0.6) is 11.5 Å². The highest BCUT2D eigenvalue weighted by Crippen LogP contribution is 2.42. The van der Waals surface area contributed by atoms with E-state index in [4.69, 9.17) is 14.2 Å². The second kappa shape index (κ2) is 15.2. The number of halogens is 1. The molecule has 0 aliphatic rings. The maximum absolute atomic E-state index is 14.3. The summed E-state index contributed by atoms with van der Waals surface area (Å²) in [6, 6.07) is 15.4. The van der Waals surface area contributed by atoms with Crippen molar-refractivity contribution in [1.82, 2.24) is 10.2 Å². The summed E-state index contributed by atoms with van der Waals surface area (Å²) in [6.07, 6.45) is 0.687. The van der Waals surface area contributed by atoms with Gasteiger partial charge in [0.25, 0.3) is 0 Å². The molecule has 3 rings (SSSR count). The van der Waals surface area contributed by atoms with Gasteiger partial charge in [-0.3, -0.25) is 14.2 Å². The first-order valence-electron chi connectivity index (χ1n) is 15.3. The van der Waals surface area contributed by atoms with Crippen LogP contribution in [-0.2, 0) is 36.5 Å². The minimum absolute atomic E-state index is 0.150. The summed E-state index contributed by atoms with van der Waals surface area (Å²) < 4.78 is 44.1. The normalized spacial score (nSPS) is 12.1. The zero-order valence-electron chi connectivity index (χ0n) is 28.0. The number of nitrogens with one attached hydrogen (secondary N) is 2. The number of aromatic hydroxyl groups is 1. The molecule has 0 heterocycles. The minimum atomic E-state index is -3.79. The standard InChI is InChI=1S/C35H46FN2O7P/c1-9-43-32(40)34(5,6)37-46(42,38-35(7,8)33(41)44-10-2)22-45-29-17-23(3)30(24(4)18-29)21-26-13-16-31(39)27(20-26)19-25-11-14-28(36)15-12-25/h11-18,20,39H,9-10,19,21-22H2,1-8H3,(H2,37,38,42). The van der Waals surface area contributed by atoms with E-state index in [-0.39, 0.29) is 31.1 Å². The van der Waals surface area contributed by atoms with E-state index in [0.29, 0.717) is 18.6 Å². The molecule has 0 unspecified atom stereocenters. The average Bonchev–Trinajstić information content (AvgIpc) is 2.96. The number of carbonyl (C=O) groups is 2. The predicted octanol–water partition coefficient (Wildman–Crippen LogP) is 6.72. The Morgan fingerprint density at radius 1 is 0.804 bits per heavy atom. The third kappa shape index (κ3) is 9.89. The van der Waals surface area contributed by atoms with Gasteiger partial charge in [-0.1, -0.05) is 24.3 Å². The molecule has 0 aliphatic heterocycles. The van der Waals surface area contributed by atoms with E-state index in [9.17, 15) is 23.7 Å². The van der Waals surface area contributed by atoms with Crippen LogP contribution in [-0.4, -0.2) is 47.7 Å². The van der Waals surface area contributed by atoms with Crippen molar-refractivity contribution in [2.24, 2.45) is 0 Å². The van der Waals surface area contributed by atoms with Gasteiger partial charge in [-0.2, -0.15) is 0 Å². The molecular weight excluding hydrogens is 610 g/mol. The lowest BCUT2D eigenvalue weighted by Gasteiger charge is -2.35. The van der Waals surface area contributed by atoms with Crippen molar-refractivity contribution < 1.29 is 37.9 Å². The highest BCUT2D eigenvalue weighted by Gasteiger charge is 2.43. The third-order valence-electron chi connectivity index (χ3n) is 7.41. The van der Waals surface area contributed by atoms with Crippen molar-refractivity contribution in [2.75, 3.05) is 19.6 Å². The fourth-order valence-corrected chi connectivity index (χ4v) is 7.61. The Morgan fingerprint density at radius 2 is 1.30 bits per heavy atom. The van der Waals surface area contributed by atoms with Crippen molar-refractivity contribution in [3.63, 3.8) is 0 Å². The highest BCUT2D eigenvalue weighted by molar-refractivity contribution is 7.59. The van der Waals surface area contributed by atoms with Gasteiger partial charge in [-0.05, 0) is 126 Å². The van der Waals surface area contributed by atoms with Gasteiger partial charge >= 0.3 is 11.9 Å². The predicted molar refractivity (Wildman–Crippen MR) is 177 cm³/mol. The Balaban J connectivity index is 1.83. The lowest BCUT2D eigenvalue weighted by Crippen LogP contribution is -2.54. The van der Waals surface area contributed by atoms with Crippen LogP contribution in [0.3, 0.4) is 0 Å². The summed E-state index contributed by atoms with van der Waals surface area (Å²) in [4.78, 5) is 25.3. The molecule has 0 spiro atoms. The van der Waals surface area contributed by atoms with Crippen molar-refractivity contribution in [1.29, 1.82) is 0 Å². The highest BCUT2D eigenvalue weighted by atomic mass is 31.2. The molecule has 46 heavy (non-hydrogen) atoms. The molecule has 3 aromatic carbocycles. The second-order valence-electron chi connectivity index (χ2n) is 12.4. The van der Waals surface area contributed by atoms with Crippen LogP contribution in [0, 0.1) is 19.7 Å². The van der Waals surface area contributed by atoms with Crippen LogP contribution in [0.2, 0.25) is 0 Å². The summed E-state index contributed by atoms with van der Waals surface area (Å²) >= 11 is 0. The topological polar surface area (TPSA) is 123 Å². The quantitative estimate of drug-likeness (QED) is 0.121. The van der Waals surface area contributed by atoms with E-state index in [1.807, 2.05) is 38.1 Å². The van der Waals surface area contributed by atoms with Gasteiger partial charge in [0.2, 0.25) is 7.44 Å².